The molecule has 0 aliphatic carbocycles. The third-order valence-electron chi connectivity index (χ3n) is 3.49. The zero-order chi connectivity index (χ0) is 14.1. The molecule has 3 nitrogen and oxygen atoms in total. The van der Waals surface area contributed by atoms with Crippen LogP contribution in [0.25, 0.3) is 27.8 Å². The molecule has 4 rings (SSSR count). The summed E-state index contributed by atoms with van der Waals surface area (Å²) < 4.78 is 0. The van der Waals surface area contributed by atoms with Gasteiger partial charge >= 0.3 is 0 Å². The molecule has 3 aromatic carbocycles. The van der Waals surface area contributed by atoms with Crippen molar-refractivity contribution in [1.82, 2.24) is 15.0 Å². The summed E-state index contributed by atoms with van der Waals surface area (Å²) in [5.74, 6) is 0. The van der Waals surface area contributed by atoms with E-state index in [1.54, 1.807) is 4.80 Å². The average Bonchev–Trinajstić information content (AvgIpc) is 3.00. The van der Waals surface area contributed by atoms with Crippen LogP contribution in [-0.2, 0) is 0 Å². The topological polar surface area (TPSA) is 30.7 Å². The first-order valence-corrected chi connectivity index (χ1v) is 6.88. The van der Waals surface area contributed by atoms with E-state index >= 15 is 0 Å². The normalized spacial score (nSPS) is 10.9. The Morgan fingerprint density at radius 2 is 1.05 bits per heavy atom. The molecule has 0 N–H and O–H groups in total. The number of nitrogens with zero attached hydrogens (tertiary/aromatic N) is 3. The van der Waals surface area contributed by atoms with E-state index in [1.807, 2.05) is 54.6 Å². The first-order valence-electron chi connectivity index (χ1n) is 6.88. The highest BCUT2D eigenvalue weighted by molar-refractivity contribution is 5.73. The molecule has 0 bridgehead atoms. The Morgan fingerprint density at radius 3 is 1.67 bits per heavy atom. The van der Waals surface area contributed by atoms with Crippen LogP contribution >= 0.6 is 0 Å². The molecule has 0 spiro atoms. The Labute approximate surface area is 122 Å². The molecule has 0 aliphatic rings. The minimum Gasteiger partial charge on any atom is -0.150 e. The highest BCUT2D eigenvalue weighted by Gasteiger charge is 2.04. The zero-order valence-electron chi connectivity index (χ0n) is 11.3. The Hall–Kier alpha value is -2.94. The van der Waals surface area contributed by atoms with Crippen molar-refractivity contribution in [3.05, 3.63) is 78.9 Å². The molecule has 0 atom stereocenters. The lowest BCUT2D eigenvalue weighted by Crippen LogP contribution is -1.97. The summed E-state index contributed by atoms with van der Waals surface area (Å²) in [7, 11) is 0. The molecule has 4 aromatic rings. The van der Waals surface area contributed by atoms with Gasteiger partial charge in [0.25, 0.3) is 0 Å². The maximum Gasteiger partial charge on any atom is 0.113 e. The van der Waals surface area contributed by atoms with Gasteiger partial charge in [0.15, 0.2) is 0 Å². The number of aromatic nitrogens is 3. The minimum atomic E-state index is 0.907. The van der Waals surface area contributed by atoms with Crippen LogP contribution in [0.5, 0.6) is 0 Å². The predicted octanol–water partition coefficient (Wildman–Crippen LogP) is 4.09. The zero-order valence-corrected chi connectivity index (χ0v) is 11.3. The van der Waals surface area contributed by atoms with Crippen molar-refractivity contribution in [2.75, 3.05) is 0 Å². The van der Waals surface area contributed by atoms with Crippen molar-refractivity contribution in [3.63, 3.8) is 0 Å². The van der Waals surface area contributed by atoms with Crippen molar-refractivity contribution in [1.29, 1.82) is 0 Å². The lowest BCUT2D eigenvalue weighted by Gasteiger charge is -2.03. The van der Waals surface area contributed by atoms with Gasteiger partial charge in [0.2, 0.25) is 0 Å². The van der Waals surface area contributed by atoms with Gasteiger partial charge in [-0.15, -0.1) is 10.2 Å². The van der Waals surface area contributed by atoms with Gasteiger partial charge in [-0.3, -0.25) is 0 Å². The van der Waals surface area contributed by atoms with Gasteiger partial charge in [0.05, 0.1) is 5.69 Å². The van der Waals surface area contributed by atoms with Crippen LogP contribution in [0.4, 0.5) is 0 Å². The fourth-order valence-electron chi connectivity index (χ4n) is 2.39. The van der Waals surface area contributed by atoms with Gasteiger partial charge in [0, 0.05) is 0 Å². The minimum absolute atomic E-state index is 0.907. The molecule has 100 valence electrons. The first-order chi connectivity index (χ1) is 10.4. The lowest BCUT2D eigenvalue weighted by atomic mass is 10.1. The number of fused-ring (bicyclic) bond motifs is 1. The third kappa shape index (κ3) is 2.19. The van der Waals surface area contributed by atoms with Crippen molar-refractivity contribution in [2.45, 2.75) is 0 Å². The fourth-order valence-corrected chi connectivity index (χ4v) is 2.39. The Balaban J connectivity index is 1.73. The number of hydrogen-bond donors (Lipinski definition) is 0. The van der Waals surface area contributed by atoms with Gasteiger partial charge in [0.1, 0.15) is 11.0 Å². The summed E-state index contributed by atoms with van der Waals surface area (Å²) in [6, 6.07) is 26.5. The molecule has 3 heteroatoms. The second-order valence-corrected chi connectivity index (χ2v) is 4.89. The molecule has 1 heterocycles. The SMILES string of the molecule is c1ccc(-c2ccc(-n3nc4ccccc4n3)cc2)cc1. The van der Waals surface area contributed by atoms with E-state index in [1.165, 1.54) is 11.1 Å². The van der Waals surface area contributed by atoms with Gasteiger partial charge in [-0.25, -0.2) is 0 Å². The van der Waals surface area contributed by atoms with Crippen molar-refractivity contribution < 1.29 is 0 Å². The summed E-state index contributed by atoms with van der Waals surface area (Å²) in [5, 5.41) is 8.98. The third-order valence-corrected chi connectivity index (χ3v) is 3.49. The predicted molar refractivity (Wildman–Crippen MR) is 84.3 cm³/mol. The molecule has 0 amide bonds. The van der Waals surface area contributed by atoms with E-state index < -0.39 is 0 Å². The van der Waals surface area contributed by atoms with Gasteiger partial charge in [-0.1, -0.05) is 54.6 Å². The van der Waals surface area contributed by atoms with E-state index in [-0.39, 0.29) is 0 Å². The molecule has 0 saturated heterocycles. The second-order valence-electron chi connectivity index (χ2n) is 4.89. The Kier molecular flexibility index (Phi) is 2.75. The Bertz CT molecular complexity index is 844. The lowest BCUT2D eigenvalue weighted by molar-refractivity contribution is 0.766. The average molecular weight is 271 g/mol. The summed E-state index contributed by atoms with van der Waals surface area (Å²) >= 11 is 0. The quantitative estimate of drug-likeness (QED) is 0.550. The number of rotatable bonds is 2. The second kappa shape index (κ2) is 4.87. The summed E-state index contributed by atoms with van der Waals surface area (Å²) in [4.78, 5) is 1.68. The number of benzene rings is 3. The van der Waals surface area contributed by atoms with Crippen LogP contribution in [-0.4, -0.2) is 15.0 Å². The van der Waals surface area contributed by atoms with Crippen LogP contribution in [0.1, 0.15) is 0 Å². The van der Waals surface area contributed by atoms with Crippen LogP contribution in [0.3, 0.4) is 0 Å². The molecular formula is C18H13N3. The van der Waals surface area contributed by atoms with E-state index in [4.69, 9.17) is 0 Å². The van der Waals surface area contributed by atoms with E-state index in [2.05, 4.69) is 34.5 Å². The van der Waals surface area contributed by atoms with E-state index in [9.17, 15) is 0 Å². The summed E-state index contributed by atoms with van der Waals surface area (Å²) in [6.07, 6.45) is 0. The van der Waals surface area contributed by atoms with Gasteiger partial charge in [-0.2, -0.15) is 4.80 Å². The first kappa shape index (κ1) is 11.9. The van der Waals surface area contributed by atoms with Crippen LogP contribution < -0.4 is 0 Å². The molecular weight excluding hydrogens is 258 g/mol. The van der Waals surface area contributed by atoms with E-state index in [0.29, 0.717) is 0 Å². The molecule has 0 fully saturated rings. The molecule has 0 unspecified atom stereocenters. The van der Waals surface area contributed by atoms with Crippen LogP contribution in [0, 0.1) is 0 Å². The highest BCUT2D eigenvalue weighted by atomic mass is 15.5. The fraction of sp³-hybridized carbons (Fsp3) is 0. The monoisotopic (exact) mass is 271 g/mol. The summed E-state index contributed by atoms with van der Waals surface area (Å²) in [6.45, 7) is 0. The largest absolute Gasteiger partial charge is 0.150 e. The van der Waals surface area contributed by atoms with Crippen molar-refractivity contribution in [2.24, 2.45) is 0 Å². The van der Waals surface area contributed by atoms with Gasteiger partial charge in [-0.05, 0) is 35.4 Å². The molecule has 0 saturated carbocycles. The standard InChI is InChI=1S/C18H13N3/c1-2-6-14(7-3-1)15-10-12-16(13-11-15)21-19-17-8-4-5-9-18(17)20-21/h1-13H. The maximum atomic E-state index is 4.49. The number of hydrogen-bond acceptors (Lipinski definition) is 2. The molecule has 1 aromatic heterocycles. The van der Waals surface area contributed by atoms with Crippen molar-refractivity contribution >= 4 is 11.0 Å². The van der Waals surface area contributed by atoms with E-state index in [0.717, 1.165) is 16.7 Å². The molecule has 0 radical (unpaired) electrons. The van der Waals surface area contributed by atoms with Gasteiger partial charge < -0.3 is 0 Å². The maximum absolute atomic E-state index is 4.49. The Morgan fingerprint density at radius 1 is 0.524 bits per heavy atom. The molecule has 21 heavy (non-hydrogen) atoms. The smallest absolute Gasteiger partial charge is 0.113 e. The molecule has 0 aliphatic heterocycles. The van der Waals surface area contributed by atoms with Crippen LogP contribution in [0.2, 0.25) is 0 Å². The highest BCUT2D eigenvalue weighted by Crippen LogP contribution is 2.20. The summed E-state index contributed by atoms with van der Waals surface area (Å²) in [5.41, 5.74) is 5.18. The van der Waals surface area contributed by atoms with Crippen LogP contribution in [0.15, 0.2) is 78.9 Å². The van der Waals surface area contributed by atoms with Crippen molar-refractivity contribution in [3.8, 4) is 16.8 Å².